The van der Waals surface area contributed by atoms with Crippen LogP contribution in [-0.4, -0.2) is 21.9 Å². The molecule has 30 heavy (non-hydrogen) atoms. The van der Waals surface area contributed by atoms with Gasteiger partial charge in [0.15, 0.2) is 5.82 Å². The maximum atomic E-state index is 14.6. The minimum absolute atomic E-state index is 0.0145. The van der Waals surface area contributed by atoms with E-state index in [1.807, 2.05) is 25.3 Å². The Morgan fingerprint density at radius 2 is 1.97 bits per heavy atom. The van der Waals surface area contributed by atoms with Crippen LogP contribution in [0.15, 0.2) is 12.1 Å². The standard InChI is InChI=1S/C23H31F3N2O2/c1-22(2,3)14-15(29)8-5-6-9-19-27-20-17(24)12-16(30-21(25)26)13-18(20)28(19)23(4)10-7-11-23/h12-13,21H,5-11,14H2,1-4H3. The second kappa shape index (κ2) is 8.60. The van der Waals surface area contributed by atoms with Gasteiger partial charge < -0.3 is 9.30 Å². The van der Waals surface area contributed by atoms with Crippen molar-refractivity contribution in [2.24, 2.45) is 5.41 Å². The molecule has 1 fully saturated rings. The Balaban J connectivity index is 1.81. The van der Waals surface area contributed by atoms with Gasteiger partial charge in [-0.1, -0.05) is 20.8 Å². The third kappa shape index (κ3) is 5.16. The van der Waals surface area contributed by atoms with Crippen molar-refractivity contribution in [2.45, 2.75) is 91.2 Å². The minimum Gasteiger partial charge on any atom is -0.435 e. The van der Waals surface area contributed by atoms with Gasteiger partial charge in [0.2, 0.25) is 0 Å². The van der Waals surface area contributed by atoms with E-state index in [-0.39, 0.29) is 28.0 Å². The highest BCUT2D eigenvalue weighted by Crippen LogP contribution is 2.43. The van der Waals surface area contributed by atoms with Gasteiger partial charge in [0.05, 0.1) is 5.52 Å². The zero-order chi connectivity index (χ0) is 22.1. The third-order valence-corrected chi connectivity index (χ3v) is 5.79. The number of carbonyl (C=O) groups is 1. The van der Waals surface area contributed by atoms with Gasteiger partial charge in [0.25, 0.3) is 0 Å². The van der Waals surface area contributed by atoms with Gasteiger partial charge in [-0.25, -0.2) is 9.37 Å². The van der Waals surface area contributed by atoms with Crippen molar-refractivity contribution < 1.29 is 22.7 Å². The van der Waals surface area contributed by atoms with Crippen LogP contribution in [0.2, 0.25) is 0 Å². The first kappa shape index (κ1) is 22.6. The molecule has 0 N–H and O–H groups in total. The maximum absolute atomic E-state index is 14.6. The smallest absolute Gasteiger partial charge is 0.387 e. The summed E-state index contributed by atoms with van der Waals surface area (Å²) in [6, 6.07) is 2.42. The van der Waals surface area contributed by atoms with E-state index >= 15 is 0 Å². The van der Waals surface area contributed by atoms with Gasteiger partial charge in [-0.05, 0) is 44.4 Å². The van der Waals surface area contributed by atoms with Crippen molar-refractivity contribution in [1.29, 1.82) is 0 Å². The fraction of sp³-hybridized carbons (Fsp3) is 0.652. The molecule has 7 heteroatoms. The average molecular weight is 425 g/mol. The number of rotatable bonds is 9. The number of alkyl halides is 2. The number of aryl methyl sites for hydroxylation is 1. The van der Waals surface area contributed by atoms with Crippen LogP contribution in [-0.2, 0) is 16.8 Å². The molecule has 166 valence electrons. The monoisotopic (exact) mass is 424 g/mol. The van der Waals surface area contributed by atoms with Crippen molar-refractivity contribution in [3.63, 3.8) is 0 Å². The second-order valence-electron chi connectivity index (χ2n) is 9.85. The van der Waals surface area contributed by atoms with E-state index in [4.69, 9.17) is 0 Å². The summed E-state index contributed by atoms with van der Waals surface area (Å²) >= 11 is 0. The lowest BCUT2D eigenvalue weighted by Gasteiger charge is -2.41. The van der Waals surface area contributed by atoms with Crippen molar-refractivity contribution in [3.8, 4) is 5.75 Å². The first-order valence-corrected chi connectivity index (χ1v) is 10.7. The summed E-state index contributed by atoms with van der Waals surface area (Å²) < 4.78 is 46.4. The highest BCUT2D eigenvalue weighted by atomic mass is 19.3. The minimum atomic E-state index is -3.01. The summed E-state index contributed by atoms with van der Waals surface area (Å²) in [5.41, 5.74) is 0.455. The quantitative estimate of drug-likeness (QED) is 0.438. The van der Waals surface area contributed by atoms with Crippen molar-refractivity contribution in [1.82, 2.24) is 9.55 Å². The topological polar surface area (TPSA) is 44.1 Å². The van der Waals surface area contributed by atoms with E-state index in [0.29, 0.717) is 24.8 Å². The number of aromatic nitrogens is 2. The summed E-state index contributed by atoms with van der Waals surface area (Å²) in [5, 5.41) is 0. The molecule has 1 aliphatic carbocycles. The summed E-state index contributed by atoms with van der Waals surface area (Å²) in [6.45, 7) is 5.22. The van der Waals surface area contributed by atoms with Crippen LogP contribution in [0.4, 0.5) is 13.2 Å². The van der Waals surface area contributed by atoms with Crippen molar-refractivity contribution >= 4 is 16.8 Å². The number of nitrogens with zero attached hydrogens (tertiary/aromatic N) is 2. The molecule has 1 aromatic carbocycles. The summed E-state index contributed by atoms with van der Waals surface area (Å²) in [6.07, 6.45) is 6.11. The van der Waals surface area contributed by atoms with Gasteiger partial charge in [-0.15, -0.1) is 0 Å². The van der Waals surface area contributed by atoms with Crippen LogP contribution in [0.25, 0.3) is 11.0 Å². The molecular weight excluding hydrogens is 393 g/mol. The predicted molar refractivity (Wildman–Crippen MR) is 110 cm³/mol. The number of carbonyl (C=O) groups excluding carboxylic acids is 1. The van der Waals surface area contributed by atoms with Gasteiger partial charge in [-0.2, -0.15) is 8.78 Å². The Kier molecular flexibility index (Phi) is 6.48. The number of ether oxygens (including phenoxy) is 1. The Labute approximate surface area is 175 Å². The summed E-state index contributed by atoms with van der Waals surface area (Å²) in [4.78, 5) is 16.6. The Morgan fingerprint density at radius 3 is 2.53 bits per heavy atom. The Morgan fingerprint density at radius 1 is 1.27 bits per heavy atom. The molecule has 1 heterocycles. The van der Waals surface area contributed by atoms with Gasteiger partial charge in [0.1, 0.15) is 22.9 Å². The van der Waals surface area contributed by atoms with E-state index in [2.05, 4.69) is 16.6 Å². The van der Waals surface area contributed by atoms with Gasteiger partial charge >= 0.3 is 6.61 Å². The summed E-state index contributed by atoms with van der Waals surface area (Å²) in [5.74, 6) is 0.134. The molecule has 0 atom stereocenters. The molecule has 1 saturated carbocycles. The normalized spacial score (nSPS) is 16.1. The SMILES string of the molecule is CC(C)(C)CC(=O)CCCCc1nc2c(F)cc(OC(F)F)cc2n1C1(C)CCC1. The lowest BCUT2D eigenvalue weighted by atomic mass is 9.78. The first-order chi connectivity index (χ1) is 14.0. The zero-order valence-corrected chi connectivity index (χ0v) is 18.2. The second-order valence-corrected chi connectivity index (χ2v) is 9.85. The van der Waals surface area contributed by atoms with E-state index in [9.17, 15) is 18.0 Å². The molecule has 1 aromatic heterocycles. The number of halogens is 3. The molecule has 0 unspecified atom stereocenters. The number of imidazole rings is 1. The van der Waals surface area contributed by atoms with E-state index < -0.39 is 12.4 Å². The van der Waals surface area contributed by atoms with E-state index in [0.717, 1.165) is 44.0 Å². The zero-order valence-electron chi connectivity index (χ0n) is 18.2. The molecule has 0 saturated heterocycles. The number of unbranched alkanes of at least 4 members (excludes halogenated alkanes) is 1. The number of benzene rings is 1. The fourth-order valence-electron chi connectivity index (χ4n) is 4.30. The van der Waals surface area contributed by atoms with E-state index in [1.165, 1.54) is 6.07 Å². The lowest BCUT2D eigenvalue weighted by molar-refractivity contribution is -0.120. The third-order valence-electron chi connectivity index (χ3n) is 5.79. The van der Waals surface area contributed by atoms with Crippen molar-refractivity contribution in [3.05, 3.63) is 23.8 Å². The summed E-state index contributed by atoms with van der Waals surface area (Å²) in [7, 11) is 0. The number of Topliss-reactive ketones (excluding diaryl/α,β-unsaturated/α-hetero) is 1. The van der Waals surface area contributed by atoms with Gasteiger partial charge in [0, 0.05) is 36.9 Å². The molecule has 0 radical (unpaired) electrons. The Bertz CT molecular complexity index is 911. The van der Waals surface area contributed by atoms with Crippen LogP contribution < -0.4 is 4.74 Å². The van der Waals surface area contributed by atoms with Crippen LogP contribution in [0, 0.1) is 11.2 Å². The number of ketones is 1. The molecule has 2 aromatic rings. The molecule has 0 aliphatic heterocycles. The number of hydrogen-bond donors (Lipinski definition) is 0. The molecule has 0 bridgehead atoms. The highest BCUT2D eigenvalue weighted by molar-refractivity contribution is 5.79. The molecule has 4 nitrogen and oxygen atoms in total. The van der Waals surface area contributed by atoms with Crippen LogP contribution >= 0.6 is 0 Å². The van der Waals surface area contributed by atoms with Crippen LogP contribution in [0.5, 0.6) is 5.75 Å². The molecule has 0 amide bonds. The van der Waals surface area contributed by atoms with Crippen LogP contribution in [0.1, 0.15) is 78.5 Å². The lowest BCUT2D eigenvalue weighted by Crippen LogP contribution is -2.38. The maximum Gasteiger partial charge on any atom is 0.387 e. The average Bonchev–Trinajstić information content (AvgIpc) is 2.94. The Hall–Kier alpha value is -2.05. The molecule has 0 spiro atoms. The highest BCUT2D eigenvalue weighted by Gasteiger charge is 2.37. The number of fused-ring (bicyclic) bond motifs is 1. The van der Waals surface area contributed by atoms with Crippen LogP contribution in [0.3, 0.4) is 0 Å². The molecule has 1 aliphatic rings. The van der Waals surface area contributed by atoms with Crippen molar-refractivity contribution in [2.75, 3.05) is 0 Å². The van der Waals surface area contributed by atoms with Gasteiger partial charge in [-0.3, -0.25) is 4.79 Å². The fourth-order valence-corrected chi connectivity index (χ4v) is 4.30. The molecule has 3 rings (SSSR count). The molecular formula is C23H31F3N2O2. The predicted octanol–water partition coefficient (Wildman–Crippen LogP) is 6.39. The number of hydrogen-bond acceptors (Lipinski definition) is 3. The van der Waals surface area contributed by atoms with E-state index in [1.54, 1.807) is 0 Å². The largest absolute Gasteiger partial charge is 0.435 e. The first-order valence-electron chi connectivity index (χ1n) is 10.7.